The molecule has 8 nitrogen and oxygen atoms in total. The van der Waals surface area contributed by atoms with Crippen molar-refractivity contribution in [3.8, 4) is 5.75 Å². The lowest BCUT2D eigenvalue weighted by atomic mass is 10.2. The maximum atomic E-state index is 12.4. The second-order valence-electron chi connectivity index (χ2n) is 4.95. The second kappa shape index (κ2) is 7.93. The first-order valence-corrected chi connectivity index (χ1v) is 8.43. The first-order valence-electron chi connectivity index (χ1n) is 6.99. The smallest absolute Gasteiger partial charge is 0.339 e. The second-order valence-corrected chi connectivity index (χ2v) is 6.99. The van der Waals surface area contributed by atoms with Crippen LogP contribution >= 0.6 is 0 Å². The maximum absolute atomic E-state index is 12.4. The summed E-state index contributed by atoms with van der Waals surface area (Å²) >= 11 is 0. The number of unbranched alkanes of at least 4 members (excludes halogenated alkanes) is 1. The number of rotatable bonds is 8. The summed E-state index contributed by atoms with van der Waals surface area (Å²) in [6, 6.07) is 2.94. The topological polar surface area (TPSA) is 124 Å². The lowest BCUT2D eigenvalue weighted by molar-refractivity contribution is -0.121. The number of nitrogens with one attached hydrogen (secondary N) is 1. The van der Waals surface area contributed by atoms with Crippen LogP contribution in [0.3, 0.4) is 0 Å². The van der Waals surface area contributed by atoms with Crippen LogP contribution < -0.4 is 5.32 Å². The molecule has 1 aromatic carbocycles. The third-order valence-corrected chi connectivity index (χ3v) is 4.92. The Bertz CT molecular complexity index is 687. The molecule has 0 saturated carbocycles. The molecule has 1 amide bonds. The maximum Gasteiger partial charge on any atom is 0.339 e. The Morgan fingerprint density at radius 3 is 2.52 bits per heavy atom. The molecule has 128 valence electrons. The van der Waals surface area contributed by atoms with Crippen molar-refractivity contribution in [2.75, 3.05) is 20.1 Å². The number of benzene rings is 1. The van der Waals surface area contributed by atoms with Gasteiger partial charge in [0.1, 0.15) is 11.3 Å². The number of carboxylic acids is 1. The molecule has 0 aliphatic carbocycles. The standard InChI is InChI=1S/C14H20N2O6S/c1-3-4-7-15-13(18)9-16(2)23(21,22)10-5-6-12(17)11(8-10)14(19)20/h5-6,8,17H,3-4,7,9H2,1-2H3,(H,15,18)(H,19,20). The number of likely N-dealkylation sites (N-methyl/N-ethyl adjacent to an activating group) is 1. The van der Waals surface area contributed by atoms with Crippen molar-refractivity contribution in [3.05, 3.63) is 23.8 Å². The van der Waals surface area contributed by atoms with Gasteiger partial charge in [0, 0.05) is 13.6 Å². The zero-order chi connectivity index (χ0) is 17.6. The van der Waals surface area contributed by atoms with Crippen LogP contribution in [0.5, 0.6) is 5.75 Å². The first kappa shape index (κ1) is 18.9. The molecule has 0 radical (unpaired) electrons. The van der Waals surface area contributed by atoms with Crippen LogP contribution in [0.15, 0.2) is 23.1 Å². The molecule has 0 aromatic heterocycles. The quantitative estimate of drug-likeness (QED) is 0.594. The number of phenols is 1. The predicted octanol–water partition coefficient (Wildman–Crippen LogP) is 0.627. The van der Waals surface area contributed by atoms with E-state index < -0.39 is 33.2 Å². The molecule has 0 heterocycles. The van der Waals surface area contributed by atoms with Crippen molar-refractivity contribution in [3.63, 3.8) is 0 Å². The highest BCUT2D eigenvalue weighted by atomic mass is 32.2. The number of carbonyl (C=O) groups is 2. The summed E-state index contributed by atoms with van der Waals surface area (Å²) < 4.78 is 25.5. The third kappa shape index (κ3) is 4.93. The molecule has 0 unspecified atom stereocenters. The van der Waals surface area contributed by atoms with Crippen LogP contribution in [0.2, 0.25) is 0 Å². The molecule has 1 rings (SSSR count). The Balaban J connectivity index is 2.91. The molecule has 0 bridgehead atoms. The number of hydrogen-bond donors (Lipinski definition) is 3. The fourth-order valence-electron chi connectivity index (χ4n) is 1.77. The summed E-state index contributed by atoms with van der Waals surface area (Å²) in [7, 11) is -2.82. The largest absolute Gasteiger partial charge is 0.507 e. The van der Waals surface area contributed by atoms with Gasteiger partial charge in [0.25, 0.3) is 0 Å². The highest BCUT2D eigenvalue weighted by Gasteiger charge is 2.25. The van der Waals surface area contributed by atoms with Gasteiger partial charge in [-0.3, -0.25) is 4.79 Å². The van der Waals surface area contributed by atoms with Gasteiger partial charge in [0.05, 0.1) is 11.4 Å². The van der Waals surface area contributed by atoms with Crippen molar-refractivity contribution in [2.45, 2.75) is 24.7 Å². The van der Waals surface area contributed by atoms with Gasteiger partial charge >= 0.3 is 5.97 Å². The Morgan fingerprint density at radius 2 is 1.96 bits per heavy atom. The molecule has 1 aromatic rings. The van der Waals surface area contributed by atoms with E-state index in [0.29, 0.717) is 6.54 Å². The van der Waals surface area contributed by atoms with E-state index in [1.165, 1.54) is 7.05 Å². The summed E-state index contributed by atoms with van der Waals surface area (Å²) in [5.74, 6) is -2.42. The normalized spacial score (nSPS) is 11.4. The number of aromatic carboxylic acids is 1. The molecule has 0 spiro atoms. The van der Waals surface area contributed by atoms with Crippen molar-refractivity contribution in [1.29, 1.82) is 0 Å². The molecule has 0 aliphatic heterocycles. The van der Waals surface area contributed by atoms with Crippen molar-refractivity contribution >= 4 is 21.9 Å². The van der Waals surface area contributed by atoms with E-state index in [0.717, 1.165) is 35.3 Å². The molecule has 0 aliphatic rings. The minimum absolute atomic E-state index is 0.309. The minimum atomic E-state index is -4.04. The van der Waals surface area contributed by atoms with Crippen LogP contribution in [0, 0.1) is 0 Å². The Hall–Kier alpha value is -2.13. The monoisotopic (exact) mass is 344 g/mol. The number of carboxylic acid groups (broad SMARTS) is 1. The Morgan fingerprint density at radius 1 is 1.30 bits per heavy atom. The van der Waals surface area contributed by atoms with Gasteiger partial charge in [0.2, 0.25) is 15.9 Å². The minimum Gasteiger partial charge on any atom is -0.507 e. The number of hydrogen-bond acceptors (Lipinski definition) is 5. The number of aromatic hydroxyl groups is 1. The number of carbonyl (C=O) groups excluding carboxylic acids is 1. The van der Waals surface area contributed by atoms with E-state index in [9.17, 15) is 23.1 Å². The van der Waals surface area contributed by atoms with Gasteiger partial charge in [-0.05, 0) is 24.6 Å². The van der Waals surface area contributed by atoms with Crippen LogP contribution in [-0.4, -0.2) is 54.9 Å². The summed E-state index contributed by atoms with van der Waals surface area (Å²) in [5, 5.41) is 20.9. The summed E-state index contributed by atoms with van der Waals surface area (Å²) in [6.45, 7) is 2.05. The van der Waals surface area contributed by atoms with E-state index in [2.05, 4.69) is 5.32 Å². The summed E-state index contributed by atoms with van der Waals surface area (Å²) in [5.41, 5.74) is -0.521. The number of nitrogens with zero attached hydrogens (tertiary/aromatic N) is 1. The molecule has 23 heavy (non-hydrogen) atoms. The van der Waals surface area contributed by atoms with Crippen molar-refractivity contribution < 1.29 is 28.2 Å². The molecule has 9 heteroatoms. The van der Waals surface area contributed by atoms with Crippen LogP contribution in [0.4, 0.5) is 0 Å². The Labute approximate surface area is 134 Å². The van der Waals surface area contributed by atoms with Crippen LogP contribution in [0.1, 0.15) is 30.1 Å². The highest BCUT2D eigenvalue weighted by Crippen LogP contribution is 2.23. The zero-order valence-electron chi connectivity index (χ0n) is 12.9. The van der Waals surface area contributed by atoms with Crippen LogP contribution in [0.25, 0.3) is 0 Å². The fourth-order valence-corrected chi connectivity index (χ4v) is 2.93. The van der Waals surface area contributed by atoms with Gasteiger partial charge in [-0.1, -0.05) is 13.3 Å². The predicted molar refractivity (Wildman–Crippen MR) is 82.8 cm³/mol. The lowest BCUT2D eigenvalue weighted by Gasteiger charge is -2.17. The summed E-state index contributed by atoms with van der Waals surface area (Å²) in [4.78, 5) is 22.3. The van der Waals surface area contributed by atoms with Gasteiger partial charge in [0.15, 0.2) is 0 Å². The van der Waals surface area contributed by atoms with Gasteiger partial charge in [-0.25, -0.2) is 13.2 Å². The molecular weight excluding hydrogens is 324 g/mol. The Kier molecular flexibility index (Phi) is 6.52. The van der Waals surface area contributed by atoms with Crippen molar-refractivity contribution in [1.82, 2.24) is 9.62 Å². The molecule has 0 fully saturated rings. The van der Waals surface area contributed by atoms with E-state index >= 15 is 0 Å². The van der Waals surface area contributed by atoms with E-state index in [1.54, 1.807) is 0 Å². The van der Waals surface area contributed by atoms with Gasteiger partial charge < -0.3 is 15.5 Å². The SMILES string of the molecule is CCCCNC(=O)CN(C)S(=O)(=O)c1ccc(O)c(C(=O)O)c1. The van der Waals surface area contributed by atoms with E-state index in [4.69, 9.17) is 5.11 Å². The molecule has 3 N–H and O–H groups in total. The third-order valence-electron chi connectivity index (χ3n) is 3.13. The molecule has 0 atom stereocenters. The molecular formula is C14H20N2O6S. The first-order chi connectivity index (χ1) is 10.7. The average molecular weight is 344 g/mol. The van der Waals surface area contributed by atoms with Crippen molar-refractivity contribution in [2.24, 2.45) is 0 Å². The summed E-state index contributed by atoms with van der Waals surface area (Å²) in [6.07, 6.45) is 1.70. The fraction of sp³-hybridized carbons (Fsp3) is 0.429. The van der Waals surface area contributed by atoms with E-state index in [-0.39, 0.29) is 11.4 Å². The average Bonchev–Trinajstić information content (AvgIpc) is 2.47. The highest BCUT2D eigenvalue weighted by molar-refractivity contribution is 7.89. The number of amides is 1. The van der Waals surface area contributed by atoms with E-state index in [1.807, 2.05) is 6.92 Å². The van der Waals surface area contributed by atoms with Gasteiger partial charge in [-0.2, -0.15) is 4.31 Å². The lowest BCUT2D eigenvalue weighted by Crippen LogP contribution is -2.38. The van der Waals surface area contributed by atoms with Gasteiger partial charge in [-0.15, -0.1) is 0 Å². The van der Waals surface area contributed by atoms with Crippen LogP contribution in [-0.2, 0) is 14.8 Å². The number of sulfonamides is 1. The molecule has 0 saturated heterocycles. The zero-order valence-corrected chi connectivity index (χ0v) is 13.8.